The van der Waals surface area contributed by atoms with Crippen LogP contribution in [0.3, 0.4) is 0 Å². The van der Waals surface area contributed by atoms with E-state index in [9.17, 15) is 14.9 Å². The van der Waals surface area contributed by atoms with Crippen LogP contribution in [-0.4, -0.2) is 16.1 Å². The Labute approximate surface area is 126 Å². The Kier molecular flexibility index (Phi) is 4.11. The molecular formula is C14H16N4O4. The van der Waals surface area contributed by atoms with Gasteiger partial charge < -0.3 is 9.84 Å². The summed E-state index contributed by atoms with van der Waals surface area (Å²) in [6, 6.07) is 6.72. The van der Waals surface area contributed by atoms with E-state index in [-0.39, 0.29) is 16.9 Å². The van der Waals surface area contributed by atoms with Crippen LogP contribution >= 0.6 is 0 Å². The predicted octanol–water partition coefficient (Wildman–Crippen LogP) is 3.52. The van der Waals surface area contributed by atoms with E-state index >= 15 is 0 Å². The minimum Gasteiger partial charge on any atom is -0.359 e. The molecule has 0 aliphatic carbocycles. The van der Waals surface area contributed by atoms with Crippen LogP contribution in [-0.2, 0) is 5.41 Å². The average Bonchev–Trinajstić information content (AvgIpc) is 2.87. The number of nitro groups is 1. The van der Waals surface area contributed by atoms with Crippen LogP contribution < -0.4 is 10.6 Å². The maximum atomic E-state index is 11.8. The molecule has 2 aromatic rings. The smallest absolute Gasteiger partial charge is 0.324 e. The number of amides is 2. The molecule has 0 bridgehead atoms. The summed E-state index contributed by atoms with van der Waals surface area (Å²) < 4.78 is 5.15. The number of hydrogen-bond donors (Lipinski definition) is 2. The van der Waals surface area contributed by atoms with Gasteiger partial charge >= 0.3 is 6.03 Å². The van der Waals surface area contributed by atoms with Crippen molar-refractivity contribution in [3.05, 3.63) is 46.2 Å². The molecule has 22 heavy (non-hydrogen) atoms. The highest BCUT2D eigenvalue weighted by atomic mass is 16.6. The zero-order chi connectivity index (χ0) is 16.3. The normalized spacial score (nSPS) is 11.0. The molecule has 0 spiro atoms. The third-order valence-corrected chi connectivity index (χ3v) is 2.81. The van der Waals surface area contributed by atoms with E-state index in [1.165, 1.54) is 18.2 Å². The molecule has 0 saturated heterocycles. The van der Waals surface area contributed by atoms with Crippen LogP contribution in [0.5, 0.6) is 0 Å². The Bertz CT molecular complexity index is 703. The van der Waals surface area contributed by atoms with E-state index in [0.29, 0.717) is 11.4 Å². The second-order valence-electron chi connectivity index (χ2n) is 5.71. The molecule has 0 atom stereocenters. The van der Waals surface area contributed by atoms with Crippen LogP contribution in [0.25, 0.3) is 0 Å². The minimum atomic E-state index is -0.561. The lowest BCUT2D eigenvalue weighted by Crippen LogP contribution is -2.19. The number of urea groups is 1. The number of nitro benzene ring substituents is 1. The van der Waals surface area contributed by atoms with E-state index in [0.717, 1.165) is 0 Å². The predicted molar refractivity (Wildman–Crippen MR) is 80.9 cm³/mol. The van der Waals surface area contributed by atoms with Crippen LogP contribution in [0.4, 0.5) is 22.0 Å². The molecule has 0 aliphatic rings. The number of anilines is 2. The topological polar surface area (TPSA) is 110 Å². The highest BCUT2D eigenvalue weighted by Gasteiger charge is 2.20. The minimum absolute atomic E-state index is 0.103. The van der Waals surface area contributed by atoms with Gasteiger partial charge in [0.2, 0.25) is 0 Å². The Morgan fingerprint density at radius 2 is 2.00 bits per heavy atom. The fraction of sp³-hybridized carbons (Fsp3) is 0.286. The van der Waals surface area contributed by atoms with Crippen LogP contribution in [0, 0.1) is 10.1 Å². The molecule has 2 amide bonds. The maximum absolute atomic E-state index is 11.8. The Balaban J connectivity index is 2.03. The van der Waals surface area contributed by atoms with Gasteiger partial charge in [0, 0.05) is 29.3 Å². The number of nitrogens with zero attached hydrogens (tertiary/aromatic N) is 2. The zero-order valence-corrected chi connectivity index (χ0v) is 12.4. The van der Waals surface area contributed by atoms with Crippen molar-refractivity contribution < 1.29 is 14.2 Å². The first-order chi connectivity index (χ1) is 10.3. The fourth-order valence-electron chi connectivity index (χ4n) is 1.66. The molecule has 1 aromatic heterocycles. The van der Waals surface area contributed by atoms with E-state index in [4.69, 9.17) is 4.52 Å². The number of aromatic nitrogens is 1. The van der Waals surface area contributed by atoms with Gasteiger partial charge in [-0.3, -0.25) is 15.4 Å². The van der Waals surface area contributed by atoms with E-state index < -0.39 is 11.0 Å². The fourth-order valence-corrected chi connectivity index (χ4v) is 1.66. The monoisotopic (exact) mass is 304 g/mol. The molecule has 1 aromatic carbocycles. The first-order valence-corrected chi connectivity index (χ1v) is 6.55. The molecule has 8 heteroatoms. The summed E-state index contributed by atoms with van der Waals surface area (Å²) in [5.74, 6) is 0.908. The molecule has 1 heterocycles. The first-order valence-electron chi connectivity index (χ1n) is 6.55. The zero-order valence-electron chi connectivity index (χ0n) is 12.4. The largest absolute Gasteiger partial charge is 0.359 e. The highest BCUT2D eigenvalue weighted by Crippen LogP contribution is 2.24. The van der Waals surface area contributed by atoms with Gasteiger partial charge in [-0.2, -0.15) is 0 Å². The Morgan fingerprint density at radius 1 is 1.27 bits per heavy atom. The van der Waals surface area contributed by atoms with Gasteiger partial charge in [0.15, 0.2) is 5.82 Å². The average molecular weight is 304 g/mol. The van der Waals surface area contributed by atoms with Crippen molar-refractivity contribution in [3.63, 3.8) is 0 Å². The molecule has 0 unspecified atom stereocenters. The molecule has 2 N–H and O–H groups in total. The summed E-state index contributed by atoms with van der Waals surface area (Å²) in [7, 11) is 0. The SMILES string of the molecule is CC(C)(C)c1cc(NC(=O)Nc2cccc([N+](=O)[O-])c2)no1. The number of carbonyl (C=O) groups excluding carboxylic acids is 1. The second kappa shape index (κ2) is 5.84. The van der Waals surface area contributed by atoms with E-state index in [2.05, 4.69) is 15.8 Å². The third-order valence-electron chi connectivity index (χ3n) is 2.81. The van der Waals surface area contributed by atoms with Crippen molar-refractivity contribution in [1.82, 2.24) is 5.16 Å². The van der Waals surface area contributed by atoms with Gasteiger partial charge in [0.05, 0.1) is 4.92 Å². The third kappa shape index (κ3) is 3.81. The Morgan fingerprint density at radius 3 is 2.59 bits per heavy atom. The van der Waals surface area contributed by atoms with Crippen LogP contribution in [0.2, 0.25) is 0 Å². The second-order valence-corrected chi connectivity index (χ2v) is 5.71. The summed E-state index contributed by atoms with van der Waals surface area (Å²) in [6.45, 7) is 5.88. The number of non-ortho nitro benzene ring substituents is 1. The van der Waals surface area contributed by atoms with Crippen molar-refractivity contribution in [1.29, 1.82) is 0 Å². The maximum Gasteiger partial charge on any atom is 0.324 e. The first kappa shape index (κ1) is 15.5. The molecule has 0 saturated carbocycles. The summed E-state index contributed by atoms with van der Waals surface area (Å²) in [6.07, 6.45) is 0. The summed E-state index contributed by atoms with van der Waals surface area (Å²) in [5, 5.41) is 19.4. The van der Waals surface area contributed by atoms with Gasteiger partial charge in [-0.05, 0) is 6.07 Å². The summed E-state index contributed by atoms with van der Waals surface area (Å²) in [4.78, 5) is 22.0. The van der Waals surface area contributed by atoms with Gasteiger partial charge in [-0.25, -0.2) is 4.79 Å². The molecule has 8 nitrogen and oxygen atoms in total. The lowest BCUT2D eigenvalue weighted by molar-refractivity contribution is -0.384. The summed E-state index contributed by atoms with van der Waals surface area (Å²) in [5.41, 5.74) is -0.0100. The molecule has 0 radical (unpaired) electrons. The Hall–Kier alpha value is -2.90. The van der Waals surface area contributed by atoms with Crippen molar-refractivity contribution in [3.8, 4) is 0 Å². The molecule has 2 rings (SSSR count). The van der Waals surface area contributed by atoms with Crippen molar-refractivity contribution in [2.24, 2.45) is 0 Å². The van der Waals surface area contributed by atoms with Gasteiger partial charge in [0.25, 0.3) is 5.69 Å². The number of nitrogens with one attached hydrogen (secondary N) is 2. The number of carbonyl (C=O) groups is 1. The van der Waals surface area contributed by atoms with Gasteiger partial charge in [0.1, 0.15) is 5.76 Å². The van der Waals surface area contributed by atoms with E-state index in [1.54, 1.807) is 12.1 Å². The van der Waals surface area contributed by atoms with Crippen molar-refractivity contribution in [2.45, 2.75) is 26.2 Å². The van der Waals surface area contributed by atoms with Crippen LogP contribution in [0.15, 0.2) is 34.9 Å². The molecule has 0 aliphatic heterocycles. The molecule has 116 valence electrons. The highest BCUT2D eigenvalue weighted by molar-refractivity contribution is 5.99. The van der Waals surface area contributed by atoms with E-state index in [1.807, 2.05) is 20.8 Å². The lowest BCUT2D eigenvalue weighted by Gasteiger charge is -2.12. The van der Waals surface area contributed by atoms with Crippen molar-refractivity contribution in [2.75, 3.05) is 10.6 Å². The van der Waals surface area contributed by atoms with Gasteiger partial charge in [-0.1, -0.05) is 32.0 Å². The van der Waals surface area contributed by atoms with Crippen LogP contribution in [0.1, 0.15) is 26.5 Å². The lowest BCUT2D eigenvalue weighted by atomic mass is 9.93. The standard InChI is InChI=1S/C14H16N4O4/c1-14(2,3)11-8-12(17-22-11)16-13(19)15-9-5-4-6-10(7-9)18(20)21/h4-8H,1-3H3,(H2,15,16,17,19). The molecular weight excluding hydrogens is 288 g/mol. The summed E-state index contributed by atoms with van der Waals surface area (Å²) >= 11 is 0. The van der Waals surface area contributed by atoms with Crippen molar-refractivity contribution >= 4 is 23.2 Å². The van der Waals surface area contributed by atoms with Gasteiger partial charge in [-0.15, -0.1) is 0 Å². The quantitative estimate of drug-likeness (QED) is 0.665. The molecule has 0 fully saturated rings. The number of hydrogen-bond acceptors (Lipinski definition) is 5. The number of rotatable bonds is 3. The number of benzene rings is 1.